The summed E-state index contributed by atoms with van der Waals surface area (Å²) in [5.41, 5.74) is 3.36. The Bertz CT molecular complexity index is 1210. The Balaban J connectivity index is 1.49. The molecule has 0 bridgehead atoms. The van der Waals surface area contributed by atoms with Crippen LogP contribution in [0.4, 0.5) is 0 Å². The Kier molecular flexibility index (Phi) is 6.12. The summed E-state index contributed by atoms with van der Waals surface area (Å²) in [7, 11) is 0. The SMILES string of the molecule is CC(C)Oc1ccc(-c2ccc3[nH]c(C(=O)Oc4ccc(OC(C)C)nc4)cc3c2)cc1. The lowest BCUT2D eigenvalue weighted by Crippen LogP contribution is -2.10. The third-order valence-corrected chi connectivity index (χ3v) is 4.68. The highest BCUT2D eigenvalue weighted by atomic mass is 16.5. The van der Waals surface area contributed by atoms with Crippen LogP contribution in [0, 0.1) is 0 Å². The molecule has 0 unspecified atom stereocenters. The van der Waals surface area contributed by atoms with Gasteiger partial charge in [-0.1, -0.05) is 18.2 Å². The molecule has 0 saturated heterocycles. The van der Waals surface area contributed by atoms with E-state index in [1.165, 1.54) is 6.20 Å². The van der Waals surface area contributed by atoms with Crippen LogP contribution in [0.5, 0.6) is 17.4 Å². The fourth-order valence-corrected chi connectivity index (χ4v) is 3.32. The van der Waals surface area contributed by atoms with Gasteiger partial charge in [-0.05, 0) is 75.2 Å². The molecule has 2 heterocycles. The molecule has 164 valence electrons. The fourth-order valence-electron chi connectivity index (χ4n) is 3.32. The quantitative estimate of drug-likeness (QED) is 0.363. The summed E-state index contributed by atoms with van der Waals surface area (Å²) in [5.74, 6) is 1.21. The average Bonchev–Trinajstić information content (AvgIpc) is 3.18. The zero-order chi connectivity index (χ0) is 22.7. The second kappa shape index (κ2) is 9.14. The molecule has 0 saturated carbocycles. The molecule has 6 heteroatoms. The number of rotatable bonds is 7. The number of aromatic nitrogens is 2. The molecule has 0 radical (unpaired) electrons. The van der Waals surface area contributed by atoms with E-state index in [1.807, 2.05) is 70.2 Å². The van der Waals surface area contributed by atoms with E-state index in [4.69, 9.17) is 14.2 Å². The number of hydrogen-bond donors (Lipinski definition) is 1. The molecule has 32 heavy (non-hydrogen) atoms. The number of esters is 1. The van der Waals surface area contributed by atoms with Gasteiger partial charge in [0.2, 0.25) is 5.88 Å². The van der Waals surface area contributed by atoms with Gasteiger partial charge in [0.25, 0.3) is 0 Å². The normalized spacial score (nSPS) is 11.2. The number of carbonyl (C=O) groups is 1. The third kappa shape index (κ3) is 5.09. The molecule has 6 nitrogen and oxygen atoms in total. The summed E-state index contributed by atoms with van der Waals surface area (Å²) in [6, 6.07) is 19.1. The molecular formula is C26H26N2O4. The minimum Gasteiger partial charge on any atom is -0.491 e. The second-order valence-electron chi connectivity index (χ2n) is 8.06. The summed E-state index contributed by atoms with van der Waals surface area (Å²) in [6.07, 6.45) is 1.64. The molecule has 0 aliphatic rings. The van der Waals surface area contributed by atoms with Crippen LogP contribution in [0.3, 0.4) is 0 Å². The first kappa shape index (κ1) is 21.4. The predicted octanol–water partition coefficient (Wildman–Crippen LogP) is 6.02. The minimum atomic E-state index is -0.475. The van der Waals surface area contributed by atoms with Gasteiger partial charge < -0.3 is 19.2 Å². The van der Waals surface area contributed by atoms with Crippen molar-refractivity contribution in [2.24, 2.45) is 0 Å². The van der Waals surface area contributed by atoms with Crippen molar-refractivity contribution >= 4 is 16.9 Å². The number of nitrogens with zero attached hydrogens (tertiary/aromatic N) is 1. The molecule has 2 aromatic carbocycles. The van der Waals surface area contributed by atoms with Crippen LogP contribution in [0.1, 0.15) is 38.2 Å². The van der Waals surface area contributed by atoms with E-state index in [-0.39, 0.29) is 12.2 Å². The summed E-state index contributed by atoms with van der Waals surface area (Å²) in [4.78, 5) is 19.9. The maximum atomic E-state index is 12.6. The summed E-state index contributed by atoms with van der Waals surface area (Å²) in [6.45, 7) is 7.85. The van der Waals surface area contributed by atoms with Gasteiger partial charge in [-0.15, -0.1) is 0 Å². The van der Waals surface area contributed by atoms with Gasteiger partial charge in [0, 0.05) is 17.0 Å². The molecule has 1 N–H and O–H groups in total. The maximum absolute atomic E-state index is 12.6. The lowest BCUT2D eigenvalue weighted by atomic mass is 10.0. The third-order valence-electron chi connectivity index (χ3n) is 4.68. The highest BCUT2D eigenvalue weighted by Gasteiger charge is 2.13. The predicted molar refractivity (Wildman–Crippen MR) is 124 cm³/mol. The molecular weight excluding hydrogens is 404 g/mol. The smallest absolute Gasteiger partial charge is 0.360 e. The largest absolute Gasteiger partial charge is 0.491 e. The average molecular weight is 431 g/mol. The van der Waals surface area contributed by atoms with Gasteiger partial charge in [-0.25, -0.2) is 9.78 Å². The van der Waals surface area contributed by atoms with E-state index in [9.17, 15) is 4.79 Å². The lowest BCUT2D eigenvalue weighted by molar-refractivity contribution is 0.0728. The van der Waals surface area contributed by atoms with E-state index in [2.05, 4.69) is 9.97 Å². The van der Waals surface area contributed by atoms with Crippen LogP contribution in [-0.2, 0) is 0 Å². The number of ether oxygens (including phenoxy) is 3. The van der Waals surface area contributed by atoms with Crippen LogP contribution in [0.25, 0.3) is 22.0 Å². The summed E-state index contributed by atoms with van der Waals surface area (Å²) in [5, 5.41) is 0.927. The molecule has 4 rings (SSSR count). The molecule has 0 fully saturated rings. The number of fused-ring (bicyclic) bond motifs is 1. The van der Waals surface area contributed by atoms with Gasteiger partial charge in [-0.2, -0.15) is 0 Å². The van der Waals surface area contributed by atoms with Gasteiger partial charge in [0.15, 0.2) is 0 Å². The fraction of sp³-hybridized carbons (Fsp3) is 0.231. The van der Waals surface area contributed by atoms with Crippen LogP contribution in [-0.4, -0.2) is 28.1 Å². The number of pyridine rings is 1. The number of nitrogens with one attached hydrogen (secondary N) is 1. The first-order chi connectivity index (χ1) is 15.4. The number of carbonyl (C=O) groups excluding carboxylic acids is 1. The molecule has 0 aliphatic carbocycles. The Morgan fingerprint density at radius 3 is 2.16 bits per heavy atom. The van der Waals surface area contributed by atoms with E-state index in [1.54, 1.807) is 18.2 Å². The number of benzene rings is 2. The first-order valence-corrected chi connectivity index (χ1v) is 10.6. The summed E-state index contributed by atoms with van der Waals surface area (Å²) >= 11 is 0. The highest BCUT2D eigenvalue weighted by molar-refractivity contribution is 5.97. The topological polar surface area (TPSA) is 73.4 Å². The van der Waals surface area contributed by atoms with Crippen LogP contribution < -0.4 is 14.2 Å². The van der Waals surface area contributed by atoms with E-state index in [0.717, 1.165) is 27.8 Å². The van der Waals surface area contributed by atoms with Crippen molar-refractivity contribution in [3.63, 3.8) is 0 Å². The number of hydrogen-bond acceptors (Lipinski definition) is 5. The summed E-state index contributed by atoms with van der Waals surface area (Å²) < 4.78 is 16.7. The van der Waals surface area contributed by atoms with Gasteiger partial charge in [0.05, 0.1) is 18.4 Å². The van der Waals surface area contributed by atoms with Crippen molar-refractivity contribution in [2.75, 3.05) is 0 Å². The zero-order valence-corrected chi connectivity index (χ0v) is 18.6. The molecule has 4 aromatic rings. The number of H-pyrrole nitrogens is 1. The van der Waals surface area contributed by atoms with Crippen molar-refractivity contribution in [2.45, 2.75) is 39.9 Å². The lowest BCUT2D eigenvalue weighted by Gasteiger charge is -2.10. The monoisotopic (exact) mass is 430 g/mol. The van der Waals surface area contributed by atoms with Crippen LogP contribution >= 0.6 is 0 Å². The zero-order valence-electron chi connectivity index (χ0n) is 18.6. The molecule has 2 aromatic heterocycles. The second-order valence-corrected chi connectivity index (χ2v) is 8.06. The van der Waals surface area contributed by atoms with E-state index >= 15 is 0 Å². The van der Waals surface area contributed by atoms with Crippen molar-refractivity contribution in [1.82, 2.24) is 9.97 Å². The standard InChI is InChI=1S/C26H26N2O4/c1-16(2)30-21-8-5-18(6-9-21)19-7-11-23-20(13-19)14-24(28-23)26(29)32-22-10-12-25(27-15-22)31-17(3)4/h5-17,28H,1-4H3. The number of aromatic amines is 1. The Morgan fingerprint density at radius 2 is 1.50 bits per heavy atom. The van der Waals surface area contributed by atoms with Gasteiger partial charge >= 0.3 is 5.97 Å². The van der Waals surface area contributed by atoms with E-state index in [0.29, 0.717) is 17.3 Å². The van der Waals surface area contributed by atoms with Gasteiger partial charge in [0.1, 0.15) is 17.2 Å². The Labute approximate surface area is 187 Å². The Hall–Kier alpha value is -3.80. The molecule has 0 atom stereocenters. The first-order valence-electron chi connectivity index (χ1n) is 10.6. The van der Waals surface area contributed by atoms with Crippen molar-refractivity contribution in [3.05, 3.63) is 72.6 Å². The van der Waals surface area contributed by atoms with Crippen molar-refractivity contribution in [1.29, 1.82) is 0 Å². The van der Waals surface area contributed by atoms with Crippen LogP contribution in [0.15, 0.2) is 66.9 Å². The van der Waals surface area contributed by atoms with E-state index < -0.39 is 5.97 Å². The van der Waals surface area contributed by atoms with Gasteiger partial charge in [-0.3, -0.25) is 0 Å². The highest BCUT2D eigenvalue weighted by Crippen LogP contribution is 2.27. The van der Waals surface area contributed by atoms with Crippen molar-refractivity contribution in [3.8, 4) is 28.5 Å². The van der Waals surface area contributed by atoms with Crippen LogP contribution in [0.2, 0.25) is 0 Å². The minimum absolute atomic E-state index is 0.0263. The molecule has 0 aliphatic heterocycles. The molecule has 0 spiro atoms. The van der Waals surface area contributed by atoms with Crippen molar-refractivity contribution < 1.29 is 19.0 Å². The maximum Gasteiger partial charge on any atom is 0.360 e. The molecule has 0 amide bonds. The Morgan fingerprint density at radius 1 is 0.812 bits per heavy atom.